The molecule has 0 radical (unpaired) electrons. The third kappa shape index (κ3) is 2.32. The summed E-state index contributed by atoms with van der Waals surface area (Å²) in [6.45, 7) is 6.35. The van der Waals surface area contributed by atoms with Gasteiger partial charge in [0.15, 0.2) is 0 Å². The molecule has 0 saturated carbocycles. The molecule has 0 amide bonds. The topological polar surface area (TPSA) is 26.0 Å². The summed E-state index contributed by atoms with van der Waals surface area (Å²) >= 11 is 3.45. The molecule has 13 heavy (non-hydrogen) atoms. The van der Waals surface area contributed by atoms with E-state index < -0.39 is 0 Å². The van der Waals surface area contributed by atoms with Crippen LogP contribution >= 0.6 is 15.9 Å². The van der Waals surface area contributed by atoms with E-state index in [0.717, 1.165) is 4.47 Å². The lowest BCUT2D eigenvalue weighted by atomic mass is 9.83. The fraction of sp³-hybridized carbons (Fsp3) is 0.455. The first-order chi connectivity index (χ1) is 5.94. The van der Waals surface area contributed by atoms with Crippen LogP contribution in [0.3, 0.4) is 0 Å². The zero-order valence-corrected chi connectivity index (χ0v) is 9.93. The molecule has 1 aromatic carbocycles. The summed E-state index contributed by atoms with van der Waals surface area (Å²) in [7, 11) is 0. The van der Waals surface area contributed by atoms with Crippen LogP contribution in [0.4, 0.5) is 0 Å². The molecule has 0 aliphatic heterocycles. The summed E-state index contributed by atoms with van der Waals surface area (Å²) in [4.78, 5) is 0. The Hall–Kier alpha value is -0.340. The van der Waals surface area contributed by atoms with Crippen LogP contribution in [0.5, 0.6) is 0 Å². The van der Waals surface area contributed by atoms with E-state index in [2.05, 4.69) is 48.8 Å². The molecule has 0 aliphatic rings. The molecular formula is C11H16BrN. The van der Waals surface area contributed by atoms with Gasteiger partial charge in [-0.15, -0.1) is 0 Å². The van der Waals surface area contributed by atoms with Gasteiger partial charge in [0.05, 0.1) is 0 Å². The van der Waals surface area contributed by atoms with Crippen molar-refractivity contribution in [3.05, 3.63) is 34.3 Å². The van der Waals surface area contributed by atoms with Gasteiger partial charge in [-0.1, -0.05) is 41.9 Å². The highest BCUT2D eigenvalue weighted by atomic mass is 79.9. The van der Waals surface area contributed by atoms with E-state index in [1.165, 1.54) is 5.56 Å². The van der Waals surface area contributed by atoms with Gasteiger partial charge in [0, 0.05) is 10.0 Å². The van der Waals surface area contributed by atoms with Gasteiger partial charge in [0.1, 0.15) is 0 Å². The number of hydrogen-bond acceptors (Lipinski definition) is 1. The van der Waals surface area contributed by atoms with Crippen molar-refractivity contribution in [2.75, 3.05) is 0 Å². The van der Waals surface area contributed by atoms with Crippen LogP contribution in [0.25, 0.3) is 0 Å². The molecule has 0 aliphatic carbocycles. The van der Waals surface area contributed by atoms with E-state index in [1.54, 1.807) is 0 Å². The standard InChI is InChI=1S/C11H16BrN/c1-8(2)11(3,13)9-5-4-6-10(12)7-9/h4-8H,13H2,1-3H3. The Labute approximate surface area is 88.5 Å². The molecule has 0 heterocycles. The van der Waals surface area contributed by atoms with Gasteiger partial charge in [0.2, 0.25) is 0 Å². The number of benzene rings is 1. The largest absolute Gasteiger partial charge is 0.321 e. The SMILES string of the molecule is CC(C)C(C)(N)c1cccc(Br)c1. The second-order valence-corrected chi connectivity index (χ2v) is 4.86. The highest BCUT2D eigenvalue weighted by Gasteiger charge is 2.24. The van der Waals surface area contributed by atoms with E-state index in [4.69, 9.17) is 5.73 Å². The zero-order valence-electron chi connectivity index (χ0n) is 8.34. The lowest BCUT2D eigenvalue weighted by Crippen LogP contribution is -2.38. The Balaban J connectivity index is 3.07. The average Bonchev–Trinajstić information content (AvgIpc) is 2.04. The molecule has 1 aromatic rings. The van der Waals surface area contributed by atoms with Crippen LogP contribution < -0.4 is 5.73 Å². The van der Waals surface area contributed by atoms with Gasteiger partial charge >= 0.3 is 0 Å². The van der Waals surface area contributed by atoms with Crippen molar-refractivity contribution in [1.82, 2.24) is 0 Å². The monoisotopic (exact) mass is 241 g/mol. The lowest BCUT2D eigenvalue weighted by Gasteiger charge is -2.29. The molecule has 0 spiro atoms. The molecule has 0 bridgehead atoms. The molecule has 0 aromatic heterocycles. The second-order valence-electron chi connectivity index (χ2n) is 3.95. The molecule has 1 atom stereocenters. The highest BCUT2D eigenvalue weighted by Crippen LogP contribution is 2.27. The number of nitrogens with two attached hydrogens (primary N) is 1. The summed E-state index contributed by atoms with van der Waals surface area (Å²) in [5.41, 5.74) is 7.16. The van der Waals surface area contributed by atoms with E-state index in [1.807, 2.05) is 12.1 Å². The first-order valence-electron chi connectivity index (χ1n) is 4.49. The summed E-state index contributed by atoms with van der Waals surface area (Å²) in [6, 6.07) is 8.19. The summed E-state index contributed by atoms with van der Waals surface area (Å²) < 4.78 is 1.09. The van der Waals surface area contributed by atoms with Crippen LogP contribution in [0, 0.1) is 5.92 Å². The number of hydrogen-bond donors (Lipinski definition) is 1. The van der Waals surface area contributed by atoms with Gasteiger partial charge in [-0.05, 0) is 30.5 Å². The summed E-state index contributed by atoms with van der Waals surface area (Å²) in [5.74, 6) is 0.432. The van der Waals surface area contributed by atoms with E-state index >= 15 is 0 Å². The predicted molar refractivity (Wildman–Crippen MR) is 60.5 cm³/mol. The number of rotatable bonds is 2. The first-order valence-corrected chi connectivity index (χ1v) is 5.29. The minimum Gasteiger partial charge on any atom is -0.321 e. The molecule has 1 unspecified atom stereocenters. The van der Waals surface area contributed by atoms with Crippen LogP contribution in [-0.4, -0.2) is 0 Å². The van der Waals surface area contributed by atoms with Crippen molar-refractivity contribution in [2.24, 2.45) is 11.7 Å². The maximum atomic E-state index is 6.23. The first kappa shape index (κ1) is 10.7. The Morgan fingerprint density at radius 2 is 2.00 bits per heavy atom. The van der Waals surface area contributed by atoms with Crippen LogP contribution in [0.2, 0.25) is 0 Å². The van der Waals surface area contributed by atoms with Gasteiger partial charge in [0.25, 0.3) is 0 Å². The van der Waals surface area contributed by atoms with Crippen LogP contribution in [-0.2, 0) is 5.54 Å². The second kappa shape index (κ2) is 3.81. The van der Waals surface area contributed by atoms with Crippen molar-refractivity contribution in [1.29, 1.82) is 0 Å². The third-order valence-electron chi connectivity index (χ3n) is 2.65. The molecule has 72 valence electrons. The minimum atomic E-state index is -0.246. The maximum absolute atomic E-state index is 6.23. The summed E-state index contributed by atoms with van der Waals surface area (Å²) in [5, 5.41) is 0. The van der Waals surface area contributed by atoms with E-state index in [0.29, 0.717) is 5.92 Å². The fourth-order valence-corrected chi connectivity index (χ4v) is 1.56. The van der Waals surface area contributed by atoms with Crippen LogP contribution in [0.1, 0.15) is 26.3 Å². The fourth-order valence-electron chi connectivity index (χ4n) is 1.16. The summed E-state index contributed by atoms with van der Waals surface area (Å²) in [6.07, 6.45) is 0. The highest BCUT2D eigenvalue weighted by molar-refractivity contribution is 9.10. The van der Waals surface area contributed by atoms with E-state index in [9.17, 15) is 0 Å². The normalized spacial score (nSPS) is 15.8. The Morgan fingerprint density at radius 3 is 2.46 bits per heavy atom. The smallest absolute Gasteiger partial charge is 0.0404 e. The Kier molecular flexibility index (Phi) is 3.14. The van der Waals surface area contributed by atoms with Crippen molar-refractivity contribution >= 4 is 15.9 Å². The van der Waals surface area contributed by atoms with Crippen molar-refractivity contribution in [2.45, 2.75) is 26.3 Å². The maximum Gasteiger partial charge on any atom is 0.0404 e. The van der Waals surface area contributed by atoms with Gasteiger partial charge < -0.3 is 5.73 Å². The minimum absolute atomic E-state index is 0.246. The van der Waals surface area contributed by atoms with Crippen molar-refractivity contribution < 1.29 is 0 Å². The van der Waals surface area contributed by atoms with Crippen LogP contribution in [0.15, 0.2) is 28.7 Å². The van der Waals surface area contributed by atoms with Gasteiger partial charge in [-0.25, -0.2) is 0 Å². The zero-order chi connectivity index (χ0) is 10.1. The number of halogens is 1. The quantitative estimate of drug-likeness (QED) is 0.846. The van der Waals surface area contributed by atoms with Gasteiger partial charge in [-0.2, -0.15) is 0 Å². The van der Waals surface area contributed by atoms with Crippen molar-refractivity contribution in [3.8, 4) is 0 Å². The molecular weight excluding hydrogens is 226 g/mol. The predicted octanol–water partition coefficient (Wildman–Crippen LogP) is 3.28. The molecule has 1 nitrogen and oxygen atoms in total. The van der Waals surface area contributed by atoms with Crippen molar-refractivity contribution in [3.63, 3.8) is 0 Å². The van der Waals surface area contributed by atoms with E-state index in [-0.39, 0.29) is 5.54 Å². The Morgan fingerprint density at radius 1 is 1.38 bits per heavy atom. The molecule has 1 rings (SSSR count). The molecule has 2 N–H and O–H groups in total. The molecule has 0 saturated heterocycles. The van der Waals surface area contributed by atoms with Gasteiger partial charge in [-0.3, -0.25) is 0 Å². The molecule has 0 fully saturated rings. The lowest BCUT2D eigenvalue weighted by molar-refractivity contribution is 0.350. The Bertz CT molecular complexity index is 292. The third-order valence-corrected chi connectivity index (χ3v) is 3.14. The molecule has 2 heteroatoms. The average molecular weight is 242 g/mol.